The molecule has 8 rings (SSSR count). The van der Waals surface area contributed by atoms with Gasteiger partial charge in [-0.3, -0.25) is 9.59 Å². The molecular formula is C47H49ClF6N10O6. The molecule has 0 aliphatic carbocycles. The number of piperazine rings is 1. The van der Waals surface area contributed by atoms with E-state index in [4.69, 9.17) is 31.0 Å². The van der Waals surface area contributed by atoms with Crippen molar-refractivity contribution in [2.24, 2.45) is 0 Å². The minimum absolute atomic E-state index is 0.0505. The number of hydrogen-bond donors (Lipinski definition) is 3. The van der Waals surface area contributed by atoms with Gasteiger partial charge in [0.15, 0.2) is 13.2 Å². The van der Waals surface area contributed by atoms with Crippen LogP contribution in [0.15, 0.2) is 78.9 Å². The quantitative estimate of drug-likeness (QED) is 0.0945. The van der Waals surface area contributed by atoms with Gasteiger partial charge in [-0.05, 0) is 114 Å². The summed E-state index contributed by atoms with van der Waals surface area (Å²) in [6, 6.07) is 19.3. The second-order valence-electron chi connectivity index (χ2n) is 16.4. The highest BCUT2D eigenvalue weighted by atomic mass is 35.5. The number of benzene rings is 4. The third-order valence-corrected chi connectivity index (χ3v) is 11.4. The van der Waals surface area contributed by atoms with Crippen LogP contribution in [-0.4, -0.2) is 122 Å². The van der Waals surface area contributed by atoms with Crippen LogP contribution in [0.25, 0.3) is 21.8 Å². The number of piperidine rings is 1. The highest BCUT2D eigenvalue weighted by Crippen LogP contribution is 2.32. The van der Waals surface area contributed by atoms with Gasteiger partial charge in [-0.25, -0.2) is 19.9 Å². The number of amides is 2. The third-order valence-electron chi connectivity index (χ3n) is 11.1. The van der Waals surface area contributed by atoms with Crippen molar-refractivity contribution in [3.05, 3.63) is 95.3 Å². The Balaban J connectivity index is 0.000000207. The molecular weight excluding hydrogens is 950 g/mol. The molecule has 4 heterocycles. The number of halogens is 7. The summed E-state index contributed by atoms with van der Waals surface area (Å²) >= 11 is 5.93. The Bertz CT molecular complexity index is 2790. The normalized spacial score (nSPS) is 14.5. The SMILES string of the molecule is Cc1nc(N2CCC(N(C)C)CC2)nc2ccc(NC(=O)COc3ccc(OC(F)(F)F)cc3)cc12.Cc1nc(N2CCNCC2)nc2ccc(NC(=O)COc3ccc(OC(F)(F)F)cc3Cl)cc12. The predicted octanol–water partition coefficient (Wildman–Crippen LogP) is 8.30. The Morgan fingerprint density at radius 2 is 1.13 bits per heavy atom. The summed E-state index contributed by atoms with van der Waals surface area (Å²) in [6.07, 6.45) is -7.48. The Labute approximate surface area is 403 Å². The first-order chi connectivity index (χ1) is 33.2. The zero-order chi connectivity index (χ0) is 50.2. The van der Waals surface area contributed by atoms with Gasteiger partial charge in [0.2, 0.25) is 11.9 Å². The monoisotopic (exact) mass is 998 g/mol. The lowest BCUT2D eigenvalue weighted by Crippen LogP contribution is -2.44. The van der Waals surface area contributed by atoms with E-state index in [-0.39, 0.29) is 28.9 Å². The first-order valence-corrected chi connectivity index (χ1v) is 22.3. The molecule has 16 nitrogen and oxygen atoms in total. The van der Waals surface area contributed by atoms with Crippen LogP contribution in [0, 0.1) is 13.8 Å². The van der Waals surface area contributed by atoms with E-state index in [1.165, 1.54) is 18.2 Å². The highest BCUT2D eigenvalue weighted by molar-refractivity contribution is 6.32. The van der Waals surface area contributed by atoms with Crippen LogP contribution in [0.3, 0.4) is 0 Å². The molecule has 0 spiro atoms. The molecule has 2 aromatic heterocycles. The molecule has 0 bridgehead atoms. The zero-order valence-electron chi connectivity index (χ0n) is 38.4. The van der Waals surface area contributed by atoms with Crippen LogP contribution in [0.1, 0.15) is 24.2 Å². The molecule has 2 fully saturated rings. The number of aromatic nitrogens is 4. The maximum absolute atomic E-state index is 12.3. The van der Waals surface area contributed by atoms with Gasteiger partial charge in [-0.2, -0.15) is 0 Å². The van der Waals surface area contributed by atoms with Gasteiger partial charge in [-0.1, -0.05) is 11.6 Å². The number of carbonyl (C=O) groups is 2. The number of rotatable bonds is 13. The fourth-order valence-corrected chi connectivity index (χ4v) is 7.86. The van der Waals surface area contributed by atoms with Gasteiger partial charge in [0.25, 0.3) is 11.8 Å². The van der Waals surface area contributed by atoms with E-state index in [1.807, 2.05) is 32.0 Å². The van der Waals surface area contributed by atoms with E-state index < -0.39 is 36.9 Å². The first kappa shape index (κ1) is 51.0. The van der Waals surface area contributed by atoms with E-state index >= 15 is 0 Å². The second-order valence-corrected chi connectivity index (χ2v) is 16.8. The van der Waals surface area contributed by atoms with Crippen LogP contribution < -0.4 is 44.7 Å². The number of nitrogens with one attached hydrogen (secondary N) is 3. The number of hydrogen-bond acceptors (Lipinski definition) is 14. The van der Waals surface area contributed by atoms with Crippen molar-refractivity contribution in [1.82, 2.24) is 30.2 Å². The smallest absolute Gasteiger partial charge is 0.484 e. The summed E-state index contributed by atoms with van der Waals surface area (Å²) in [7, 11) is 4.21. The van der Waals surface area contributed by atoms with Gasteiger partial charge in [-0.15, -0.1) is 26.3 Å². The van der Waals surface area contributed by atoms with E-state index in [0.717, 1.165) is 110 Å². The molecule has 23 heteroatoms. The number of aryl methyl sites for hydroxylation is 2. The van der Waals surface area contributed by atoms with Crippen LogP contribution in [0.5, 0.6) is 23.0 Å². The average molecular weight is 999 g/mol. The maximum Gasteiger partial charge on any atom is 0.573 e. The van der Waals surface area contributed by atoms with Gasteiger partial charge >= 0.3 is 12.7 Å². The summed E-state index contributed by atoms with van der Waals surface area (Å²) < 4.78 is 91.9. The molecule has 3 N–H and O–H groups in total. The largest absolute Gasteiger partial charge is 0.573 e. The number of anilines is 4. The maximum atomic E-state index is 12.3. The van der Waals surface area contributed by atoms with Crippen molar-refractivity contribution < 1.29 is 54.9 Å². The molecule has 0 saturated carbocycles. The number of nitrogens with zero attached hydrogens (tertiary/aromatic N) is 7. The van der Waals surface area contributed by atoms with Crippen LogP contribution in [0.2, 0.25) is 5.02 Å². The van der Waals surface area contributed by atoms with E-state index in [0.29, 0.717) is 29.3 Å². The van der Waals surface area contributed by atoms with Crippen LogP contribution in [0.4, 0.5) is 49.6 Å². The Morgan fingerprint density at radius 1 is 0.657 bits per heavy atom. The van der Waals surface area contributed by atoms with Crippen molar-refractivity contribution in [3.8, 4) is 23.0 Å². The molecule has 372 valence electrons. The molecule has 2 aliphatic heterocycles. The summed E-state index contributed by atoms with van der Waals surface area (Å²) in [5.41, 5.74) is 4.27. The summed E-state index contributed by atoms with van der Waals surface area (Å²) in [4.78, 5) is 50.0. The number of carbonyl (C=O) groups excluding carboxylic acids is 2. The van der Waals surface area contributed by atoms with Crippen molar-refractivity contribution in [3.63, 3.8) is 0 Å². The topological polar surface area (TPSA) is 168 Å². The van der Waals surface area contributed by atoms with Gasteiger partial charge in [0.1, 0.15) is 23.0 Å². The summed E-state index contributed by atoms with van der Waals surface area (Å²) in [6.45, 7) is 8.33. The molecule has 2 amide bonds. The van der Waals surface area contributed by atoms with E-state index in [9.17, 15) is 35.9 Å². The highest BCUT2D eigenvalue weighted by Gasteiger charge is 2.32. The van der Waals surface area contributed by atoms with Crippen molar-refractivity contribution in [1.29, 1.82) is 0 Å². The minimum atomic E-state index is -4.83. The van der Waals surface area contributed by atoms with Gasteiger partial charge < -0.3 is 49.6 Å². The Morgan fingerprint density at radius 3 is 1.63 bits per heavy atom. The molecule has 4 aromatic carbocycles. The van der Waals surface area contributed by atoms with E-state index in [2.05, 4.69) is 64.2 Å². The lowest BCUT2D eigenvalue weighted by Gasteiger charge is -2.35. The molecule has 6 aromatic rings. The number of ether oxygens (including phenoxy) is 4. The lowest BCUT2D eigenvalue weighted by molar-refractivity contribution is -0.275. The second kappa shape index (κ2) is 22.2. The minimum Gasteiger partial charge on any atom is -0.484 e. The van der Waals surface area contributed by atoms with Crippen molar-refractivity contribution >= 4 is 68.5 Å². The molecule has 0 radical (unpaired) electrons. The van der Waals surface area contributed by atoms with E-state index in [1.54, 1.807) is 18.2 Å². The number of alkyl halides is 6. The van der Waals surface area contributed by atoms with Crippen molar-refractivity contribution in [2.45, 2.75) is 45.5 Å². The predicted molar refractivity (Wildman–Crippen MR) is 252 cm³/mol. The van der Waals surface area contributed by atoms with Crippen LogP contribution in [-0.2, 0) is 9.59 Å². The van der Waals surface area contributed by atoms with Crippen LogP contribution >= 0.6 is 11.6 Å². The van der Waals surface area contributed by atoms with Crippen molar-refractivity contribution in [2.75, 3.05) is 87.0 Å². The lowest BCUT2D eigenvalue weighted by atomic mass is 10.0. The molecule has 0 unspecified atom stereocenters. The molecule has 2 saturated heterocycles. The Kier molecular flexibility index (Phi) is 16.2. The zero-order valence-corrected chi connectivity index (χ0v) is 39.1. The number of fused-ring (bicyclic) bond motifs is 2. The fourth-order valence-electron chi connectivity index (χ4n) is 7.64. The molecule has 0 atom stereocenters. The molecule has 2 aliphatic rings. The Hall–Kier alpha value is -6.91. The van der Waals surface area contributed by atoms with Gasteiger partial charge in [0.05, 0.1) is 27.4 Å². The fraction of sp³-hybridized carbons (Fsp3) is 0.362. The standard InChI is InChI=1S/C25H28F3N5O3.C22H21ClF3N5O3/c1-16-21-14-17(30-23(34)15-35-19-5-7-20(8-6-19)36-25(26,27)28)4-9-22(21)31-24(29-16)33-12-10-18(11-13-33)32(2)3;1-13-16-10-14(2-4-18(16)30-21(28-13)31-8-6-27-7-9-31)29-20(32)12-33-19-5-3-15(11-17(19)23)34-22(24,25)26/h4-9,14,18H,10-13,15H2,1-3H3,(H,30,34);2-5,10-11,27H,6-9,12H2,1H3,(H,29,32). The molecule has 70 heavy (non-hydrogen) atoms. The third kappa shape index (κ3) is 14.3. The average Bonchev–Trinajstić information content (AvgIpc) is 3.31. The first-order valence-electron chi connectivity index (χ1n) is 22.0. The summed E-state index contributed by atoms with van der Waals surface area (Å²) in [5.74, 6) is -0.0447. The summed E-state index contributed by atoms with van der Waals surface area (Å²) in [5, 5.41) is 10.3. The van der Waals surface area contributed by atoms with Gasteiger partial charge in [0, 0.05) is 73.5 Å².